The van der Waals surface area contributed by atoms with Gasteiger partial charge in [0.25, 0.3) is 0 Å². The van der Waals surface area contributed by atoms with Gasteiger partial charge in [-0.25, -0.2) is 0 Å². The molecule has 3 aliphatic rings. The third kappa shape index (κ3) is 3.62. The first-order valence-corrected chi connectivity index (χ1v) is 13.2. The second-order valence-corrected chi connectivity index (χ2v) is 10.4. The van der Waals surface area contributed by atoms with Crippen molar-refractivity contribution in [3.63, 3.8) is 0 Å². The van der Waals surface area contributed by atoms with E-state index in [0.29, 0.717) is 11.8 Å². The van der Waals surface area contributed by atoms with Gasteiger partial charge in [0.2, 0.25) is 0 Å². The number of aryl methyl sites for hydroxylation is 2. The van der Waals surface area contributed by atoms with Gasteiger partial charge in [-0.2, -0.15) is 0 Å². The second kappa shape index (κ2) is 8.89. The van der Waals surface area contributed by atoms with Gasteiger partial charge in [-0.1, -0.05) is 92.8 Å². The zero-order valence-electron chi connectivity index (χ0n) is 19.4. The molecule has 0 heterocycles. The van der Waals surface area contributed by atoms with E-state index in [-0.39, 0.29) is 0 Å². The highest BCUT2D eigenvalue weighted by atomic mass is 14.4. The fourth-order valence-corrected chi connectivity index (χ4v) is 6.91. The molecular weight excluding hydrogens is 384 g/mol. The Hall–Kier alpha value is -2.34. The molecule has 0 amide bonds. The minimum Gasteiger partial charge on any atom is -0.0725 e. The van der Waals surface area contributed by atoms with E-state index in [1.807, 2.05) is 0 Å². The third-order valence-corrected chi connectivity index (χ3v) is 8.49. The van der Waals surface area contributed by atoms with Crippen molar-refractivity contribution >= 4 is 16.3 Å². The lowest BCUT2D eigenvalue weighted by molar-refractivity contribution is 0.504. The first kappa shape index (κ1) is 20.3. The van der Waals surface area contributed by atoms with Crippen LogP contribution in [0.2, 0.25) is 0 Å². The van der Waals surface area contributed by atoms with Crippen LogP contribution in [-0.2, 0) is 12.8 Å². The van der Waals surface area contributed by atoms with Crippen molar-refractivity contribution in [3.8, 4) is 0 Å². The zero-order valence-corrected chi connectivity index (χ0v) is 19.4. The summed E-state index contributed by atoms with van der Waals surface area (Å²) in [5.74, 6) is 1.13. The number of benzene rings is 3. The summed E-state index contributed by atoms with van der Waals surface area (Å²) in [4.78, 5) is 0. The van der Waals surface area contributed by atoms with Gasteiger partial charge in [0, 0.05) is 5.92 Å². The summed E-state index contributed by atoms with van der Waals surface area (Å²) in [6, 6.07) is 21.4. The lowest BCUT2D eigenvalue weighted by Crippen LogP contribution is -2.18. The molecule has 2 atom stereocenters. The quantitative estimate of drug-likeness (QED) is 0.368. The van der Waals surface area contributed by atoms with Crippen molar-refractivity contribution in [1.82, 2.24) is 0 Å². The molecule has 3 aromatic rings. The highest BCUT2D eigenvalue weighted by Gasteiger charge is 2.32. The first-order chi connectivity index (χ1) is 15.9. The van der Waals surface area contributed by atoms with Gasteiger partial charge < -0.3 is 0 Å². The molecule has 0 spiro atoms. The van der Waals surface area contributed by atoms with Crippen molar-refractivity contribution in [2.75, 3.05) is 0 Å². The Balaban J connectivity index is 1.56. The fourth-order valence-electron chi connectivity index (χ4n) is 6.91. The van der Waals surface area contributed by atoms with Gasteiger partial charge in [-0.3, -0.25) is 0 Å². The van der Waals surface area contributed by atoms with E-state index in [1.165, 1.54) is 82.4 Å². The van der Waals surface area contributed by atoms with Gasteiger partial charge in [-0.15, -0.1) is 0 Å². The van der Waals surface area contributed by atoms with Crippen LogP contribution >= 0.6 is 0 Å². The Morgan fingerprint density at radius 3 is 2.22 bits per heavy atom. The van der Waals surface area contributed by atoms with Crippen molar-refractivity contribution < 1.29 is 0 Å². The Morgan fingerprint density at radius 1 is 0.594 bits per heavy atom. The molecule has 0 aromatic heterocycles. The molecule has 6 rings (SSSR count). The monoisotopic (exact) mass is 420 g/mol. The minimum atomic E-state index is 0.513. The standard InChI is InChI=1S/C32H36/c1-3-7-15-25-23(13-5-1)21-32(30-20-12-11-19-27(25)30)31-22-24-14-6-2-4-8-17-29(31)28-18-10-9-16-26(24)28/h9-12,16,18-22,29,31H,1-8,13-15,17H2. The van der Waals surface area contributed by atoms with Crippen LogP contribution in [0, 0.1) is 0 Å². The topological polar surface area (TPSA) is 0 Å². The molecule has 0 radical (unpaired) electrons. The normalized spacial score (nSPS) is 23.6. The Morgan fingerprint density at radius 2 is 1.31 bits per heavy atom. The SMILES string of the molecule is C1=C2CCCCCCC(c3ccccc32)C1c1cc2c(c3ccccc13)CCCCCC2. The summed E-state index contributed by atoms with van der Waals surface area (Å²) in [6.45, 7) is 0. The van der Waals surface area contributed by atoms with E-state index in [1.54, 1.807) is 38.8 Å². The van der Waals surface area contributed by atoms with Crippen LogP contribution in [0.25, 0.3) is 16.3 Å². The molecule has 2 unspecified atom stereocenters. The van der Waals surface area contributed by atoms with Crippen molar-refractivity contribution in [1.29, 1.82) is 0 Å². The average Bonchev–Trinajstić information content (AvgIpc) is 2.82. The molecule has 2 bridgehead atoms. The fraction of sp³-hybridized carbons (Fsp3) is 0.438. The van der Waals surface area contributed by atoms with E-state index in [4.69, 9.17) is 0 Å². The van der Waals surface area contributed by atoms with Crippen molar-refractivity contribution in [2.24, 2.45) is 0 Å². The number of allylic oxidation sites excluding steroid dienone is 2. The number of rotatable bonds is 1. The van der Waals surface area contributed by atoms with Crippen LogP contribution in [0.3, 0.4) is 0 Å². The van der Waals surface area contributed by atoms with E-state index >= 15 is 0 Å². The van der Waals surface area contributed by atoms with Gasteiger partial charge in [-0.05, 0) is 95.0 Å². The molecule has 0 aliphatic heterocycles. The molecule has 0 saturated heterocycles. The van der Waals surface area contributed by atoms with Gasteiger partial charge in [0.15, 0.2) is 0 Å². The van der Waals surface area contributed by atoms with E-state index < -0.39 is 0 Å². The summed E-state index contributed by atoms with van der Waals surface area (Å²) >= 11 is 0. The molecule has 164 valence electrons. The molecule has 0 fully saturated rings. The molecule has 0 heteroatoms. The molecule has 3 aromatic carbocycles. The van der Waals surface area contributed by atoms with Gasteiger partial charge in [0.1, 0.15) is 0 Å². The van der Waals surface area contributed by atoms with Gasteiger partial charge in [0.05, 0.1) is 0 Å². The minimum absolute atomic E-state index is 0.513. The van der Waals surface area contributed by atoms with Crippen molar-refractivity contribution in [2.45, 2.75) is 88.9 Å². The lowest BCUT2D eigenvalue weighted by Gasteiger charge is -2.35. The van der Waals surface area contributed by atoms with E-state index in [2.05, 4.69) is 60.7 Å². The van der Waals surface area contributed by atoms with Crippen LogP contribution in [-0.4, -0.2) is 0 Å². The Kier molecular flexibility index (Phi) is 5.63. The van der Waals surface area contributed by atoms with Crippen LogP contribution in [0.4, 0.5) is 0 Å². The summed E-state index contributed by atoms with van der Waals surface area (Å²) in [7, 11) is 0. The van der Waals surface area contributed by atoms with E-state index in [0.717, 1.165) is 0 Å². The summed E-state index contributed by atoms with van der Waals surface area (Å²) in [5, 5.41) is 3.07. The number of hydrogen-bond acceptors (Lipinski definition) is 0. The highest BCUT2D eigenvalue weighted by molar-refractivity contribution is 5.91. The maximum atomic E-state index is 2.70. The van der Waals surface area contributed by atoms with E-state index in [9.17, 15) is 0 Å². The molecule has 0 nitrogen and oxygen atoms in total. The predicted molar refractivity (Wildman–Crippen MR) is 137 cm³/mol. The third-order valence-electron chi connectivity index (χ3n) is 8.49. The zero-order chi connectivity index (χ0) is 21.3. The van der Waals surface area contributed by atoms with Crippen molar-refractivity contribution in [3.05, 3.63) is 88.5 Å². The molecular formula is C32H36. The van der Waals surface area contributed by atoms with Crippen LogP contribution in [0.5, 0.6) is 0 Å². The summed E-state index contributed by atoms with van der Waals surface area (Å²) in [5.41, 5.74) is 9.69. The Labute approximate surface area is 193 Å². The number of hydrogen-bond donors (Lipinski definition) is 0. The maximum absolute atomic E-state index is 2.70. The molecule has 0 N–H and O–H groups in total. The maximum Gasteiger partial charge on any atom is 0.00992 e. The largest absolute Gasteiger partial charge is 0.0725 e. The lowest BCUT2D eigenvalue weighted by atomic mass is 9.68. The average molecular weight is 421 g/mol. The summed E-state index contributed by atoms with van der Waals surface area (Å²) in [6.07, 6.45) is 18.7. The molecule has 32 heavy (non-hydrogen) atoms. The Bertz CT molecular complexity index is 1150. The second-order valence-electron chi connectivity index (χ2n) is 10.4. The van der Waals surface area contributed by atoms with Crippen LogP contribution in [0.15, 0.2) is 60.7 Å². The van der Waals surface area contributed by atoms with Crippen LogP contribution in [0.1, 0.15) is 104 Å². The first-order valence-electron chi connectivity index (χ1n) is 13.2. The molecule has 0 saturated carbocycles. The summed E-state index contributed by atoms with van der Waals surface area (Å²) < 4.78 is 0. The molecule has 3 aliphatic carbocycles. The highest BCUT2D eigenvalue weighted by Crippen LogP contribution is 2.49. The van der Waals surface area contributed by atoms with Crippen LogP contribution < -0.4 is 0 Å². The van der Waals surface area contributed by atoms with Gasteiger partial charge >= 0.3 is 0 Å². The number of fused-ring (bicyclic) bond motifs is 8. The smallest absolute Gasteiger partial charge is 0.00992 e. The predicted octanol–water partition coefficient (Wildman–Crippen LogP) is 9.12.